The summed E-state index contributed by atoms with van der Waals surface area (Å²) in [5.41, 5.74) is 1.53. The highest BCUT2D eigenvalue weighted by atomic mass is 16.5. The van der Waals surface area contributed by atoms with Gasteiger partial charge >= 0.3 is 0 Å². The Morgan fingerprint density at radius 1 is 1.33 bits per heavy atom. The molecule has 0 bridgehead atoms. The van der Waals surface area contributed by atoms with Crippen LogP contribution in [0.3, 0.4) is 0 Å². The van der Waals surface area contributed by atoms with E-state index in [1.165, 1.54) is 5.56 Å². The van der Waals surface area contributed by atoms with Crippen molar-refractivity contribution in [2.24, 2.45) is 5.41 Å². The predicted molar refractivity (Wildman–Crippen MR) is 75.8 cm³/mol. The van der Waals surface area contributed by atoms with Gasteiger partial charge in [0.25, 0.3) is 0 Å². The molecule has 0 saturated carbocycles. The fraction of sp³-hybridized carbons (Fsp3) is 0.667. The van der Waals surface area contributed by atoms with Gasteiger partial charge in [0.05, 0.1) is 6.61 Å². The van der Waals surface area contributed by atoms with Crippen molar-refractivity contribution in [1.29, 1.82) is 0 Å². The second-order valence-electron chi connectivity index (χ2n) is 5.84. The lowest BCUT2D eigenvalue weighted by molar-refractivity contribution is 0.236. The zero-order chi connectivity index (χ0) is 13.4. The summed E-state index contributed by atoms with van der Waals surface area (Å²) in [6, 6.07) is 4.05. The van der Waals surface area contributed by atoms with Gasteiger partial charge in [-0.1, -0.05) is 27.7 Å². The van der Waals surface area contributed by atoms with Gasteiger partial charge in [-0.25, -0.2) is 4.98 Å². The molecule has 0 radical (unpaired) electrons. The molecule has 0 amide bonds. The van der Waals surface area contributed by atoms with Gasteiger partial charge < -0.3 is 10.1 Å². The van der Waals surface area contributed by atoms with Crippen molar-refractivity contribution in [2.45, 2.75) is 47.1 Å². The lowest BCUT2D eigenvalue weighted by Crippen LogP contribution is -2.14. The van der Waals surface area contributed by atoms with Crippen LogP contribution >= 0.6 is 0 Å². The Kier molecular flexibility index (Phi) is 6.13. The zero-order valence-corrected chi connectivity index (χ0v) is 12.1. The summed E-state index contributed by atoms with van der Waals surface area (Å²) in [5.74, 6) is 0.732. The molecule has 0 fully saturated rings. The van der Waals surface area contributed by atoms with Crippen molar-refractivity contribution in [3.63, 3.8) is 0 Å². The fourth-order valence-electron chi connectivity index (χ4n) is 1.51. The molecular formula is C15H26N2O. The number of rotatable bonds is 7. The van der Waals surface area contributed by atoms with Gasteiger partial charge in [0.2, 0.25) is 5.88 Å². The second kappa shape index (κ2) is 7.37. The number of aromatic nitrogens is 1. The number of hydrogen-bond donors (Lipinski definition) is 1. The second-order valence-corrected chi connectivity index (χ2v) is 5.84. The molecule has 0 aliphatic carbocycles. The molecule has 0 aromatic carbocycles. The summed E-state index contributed by atoms with van der Waals surface area (Å²) in [6.07, 6.45) is 4.00. The summed E-state index contributed by atoms with van der Waals surface area (Å²) >= 11 is 0. The number of ether oxygens (including phenoxy) is 1. The summed E-state index contributed by atoms with van der Waals surface area (Å²) in [4.78, 5) is 4.24. The van der Waals surface area contributed by atoms with Gasteiger partial charge in [0.15, 0.2) is 0 Å². The van der Waals surface area contributed by atoms with E-state index in [2.05, 4.69) is 38.0 Å². The van der Waals surface area contributed by atoms with E-state index in [0.717, 1.165) is 38.4 Å². The lowest BCUT2D eigenvalue weighted by atomic mass is 9.93. The Morgan fingerprint density at radius 2 is 2.11 bits per heavy atom. The monoisotopic (exact) mass is 250 g/mol. The van der Waals surface area contributed by atoms with E-state index in [4.69, 9.17) is 4.74 Å². The van der Waals surface area contributed by atoms with Crippen molar-refractivity contribution < 1.29 is 4.74 Å². The fourth-order valence-corrected chi connectivity index (χ4v) is 1.51. The van der Waals surface area contributed by atoms with Crippen LogP contribution in [0.4, 0.5) is 0 Å². The Hall–Kier alpha value is -1.09. The first-order chi connectivity index (χ1) is 8.51. The highest BCUT2D eigenvalue weighted by molar-refractivity contribution is 5.20. The topological polar surface area (TPSA) is 34.2 Å². The SMILES string of the molecule is CCCNCc1ccnc(OCCC(C)(C)C)c1. The maximum Gasteiger partial charge on any atom is 0.213 e. The van der Waals surface area contributed by atoms with Gasteiger partial charge in [0, 0.05) is 18.8 Å². The molecule has 1 rings (SSSR count). The molecule has 0 aliphatic heterocycles. The third-order valence-electron chi connectivity index (χ3n) is 2.66. The Labute approximate surface area is 111 Å². The van der Waals surface area contributed by atoms with E-state index in [9.17, 15) is 0 Å². The normalized spacial score (nSPS) is 11.6. The molecule has 102 valence electrons. The molecule has 0 aliphatic rings. The molecule has 0 unspecified atom stereocenters. The highest BCUT2D eigenvalue weighted by Gasteiger charge is 2.10. The number of pyridine rings is 1. The molecule has 0 spiro atoms. The van der Waals surface area contributed by atoms with Crippen LogP contribution in [0.25, 0.3) is 0 Å². The van der Waals surface area contributed by atoms with Crippen molar-refractivity contribution in [1.82, 2.24) is 10.3 Å². The Balaban J connectivity index is 2.39. The van der Waals surface area contributed by atoms with Crippen LogP contribution in [0.5, 0.6) is 5.88 Å². The average Bonchev–Trinajstić information content (AvgIpc) is 2.28. The lowest BCUT2D eigenvalue weighted by Gasteiger charge is -2.17. The number of hydrogen-bond acceptors (Lipinski definition) is 3. The summed E-state index contributed by atoms with van der Waals surface area (Å²) in [5, 5.41) is 3.38. The third-order valence-corrected chi connectivity index (χ3v) is 2.66. The average molecular weight is 250 g/mol. The Morgan fingerprint density at radius 3 is 2.78 bits per heavy atom. The van der Waals surface area contributed by atoms with E-state index in [-0.39, 0.29) is 0 Å². The van der Waals surface area contributed by atoms with E-state index in [0.29, 0.717) is 5.41 Å². The smallest absolute Gasteiger partial charge is 0.213 e. The summed E-state index contributed by atoms with van der Waals surface area (Å²) in [6.45, 7) is 11.5. The molecular weight excluding hydrogens is 224 g/mol. The highest BCUT2D eigenvalue weighted by Crippen LogP contribution is 2.19. The summed E-state index contributed by atoms with van der Waals surface area (Å²) < 4.78 is 5.69. The molecule has 3 heteroatoms. The quantitative estimate of drug-likeness (QED) is 0.753. The zero-order valence-electron chi connectivity index (χ0n) is 12.1. The van der Waals surface area contributed by atoms with Crippen molar-refractivity contribution >= 4 is 0 Å². The van der Waals surface area contributed by atoms with Gasteiger partial charge in [-0.2, -0.15) is 0 Å². The molecule has 1 N–H and O–H groups in total. The molecule has 0 atom stereocenters. The minimum Gasteiger partial charge on any atom is -0.478 e. The van der Waals surface area contributed by atoms with Crippen molar-refractivity contribution in [2.75, 3.05) is 13.2 Å². The maximum absolute atomic E-state index is 5.69. The molecule has 3 nitrogen and oxygen atoms in total. The summed E-state index contributed by atoms with van der Waals surface area (Å²) in [7, 11) is 0. The first-order valence-electron chi connectivity index (χ1n) is 6.80. The number of nitrogens with one attached hydrogen (secondary N) is 1. The van der Waals surface area contributed by atoms with Crippen LogP contribution in [0.15, 0.2) is 18.3 Å². The molecule has 1 aromatic rings. The van der Waals surface area contributed by atoms with Crippen LogP contribution in [0.1, 0.15) is 46.1 Å². The van der Waals surface area contributed by atoms with E-state index in [1.54, 1.807) is 0 Å². The van der Waals surface area contributed by atoms with Crippen LogP contribution in [-0.2, 0) is 6.54 Å². The minimum atomic E-state index is 0.306. The largest absolute Gasteiger partial charge is 0.478 e. The van der Waals surface area contributed by atoms with Crippen LogP contribution < -0.4 is 10.1 Å². The van der Waals surface area contributed by atoms with Gasteiger partial charge in [-0.15, -0.1) is 0 Å². The van der Waals surface area contributed by atoms with Gasteiger partial charge in [-0.05, 0) is 36.4 Å². The van der Waals surface area contributed by atoms with Crippen molar-refractivity contribution in [3.8, 4) is 5.88 Å². The first-order valence-corrected chi connectivity index (χ1v) is 6.80. The van der Waals surface area contributed by atoms with Crippen LogP contribution in [-0.4, -0.2) is 18.1 Å². The minimum absolute atomic E-state index is 0.306. The number of nitrogens with zero attached hydrogens (tertiary/aromatic N) is 1. The van der Waals surface area contributed by atoms with E-state index >= 15 is 0 Å². The molecule has 1 aromatic heterocycles. The molecule has 0 saturated heterocycles. The van der Waals surface area contributed by atoms with Gasteiger partial charge in [-0.3, -0.25) is 0 Å². The van der Waals surface area contributed by atoms with Gasteiger partial charge in [0.1, 0.15) is 0 Å². The third kappa shape index (κ3) is 6.60. The first kappa shape index (κ1) is 15.0. The van der Waals surface area contributed by atoms with Crippen LogP contribution in [0, 0.1) is 5.41 Å². The van der Waals surface area contributed by atoms with E-state index < -0.39 is 0 Å². The molecule has 18 heavy (non-hydrogen) atoms. The Bertz CT molecular complexity index is 345. The maximum atomic E-state index is 5.69. The van der Waals surface area contributed by atoms with Crippen molar-refractivity contribution in [3.05, 3.63) is 23.9 Å². The van der Waals surface area contributed by atoms with Crippen LogP contribution in [0.2, 0.25) is 0 Å². The van der Waals surface area contributed by atoms with E-state index in [1.807, 2.05) is 18.3 Å². The molecule has 1 heterocycles. The predicted octanol–water partition coefficient (Wildman–Crippen LogP) is 3.40. The standard InChI is InChI=1S/C15H26N2O/c1-5-8-16-12-13-6-9-17-14(11-13)18-10-7-15(2,3)4/h6,9,11,16H,5,7-8,10,12H2,1-4H3.